The molecule has 0 atom stereocenters. The summed E-state index contributed by atoms with van der Waals surface area (Å²) < 4.78 is 14.6. The molecule has 2 spiro atoms. The minimum atomic E-state index is -0.127. The third-order valence-corrected chi connectivity index (χ3v) is 12.6. The van der Waals surface area contributed by atoms with Crippen molar-refractivity contribution in [2.45, 2.75) is 109 Å². The molecule has 8 rings (SSSR count). The number of ether oxygens (including phenoxy) is 2. The zero-order valence-electron chi connectivity index (χ0n) is 30.0. The highest BCUT2D eigenvalue weighted by Crippen LogP contribution is 2.52. The molecule has 0 unspecified atom stereocenters. The van der Waals surface area contributed by atoms with Crippen molar-refractivity contribution in [1.29, 1.82) is 0 Å². The first-order valence-corrected chi connectivity index (χ1v) is 19.1. The summed E-state index contributed by atoms with van der Waals surface area (Å²) in [6.07, 6.45) is 19.9. The molecule has 12 nitrogen and oxygen atoms in total. The standard InChI is InChI=1S/C19H30N4O2.C18H28N4O2/c1-3-25-18(24)22-9-6-19(14-22)10-17(11-19)21-7-4-16(5-8-21)23-13-15(2)12-20-23;1-2-24-17(23)21-11-6-18(14-21)12-16(13-18)20-9-4-15(5-10-20)22-8-3-7-19-22/h12-13,16-17H,3-11,14H2,1-2H3;3,7-8,15-16H,2,4-6,9-14H2,1H3. The van der Waals surface area contributed by atoms with Gasteiger partial charge < -0.3 is 29.1 Å². The van der Waals surface area contributed by atoms with Crippen LogP contribution in [0.3, 0.4) is 0 Å². The third kappa shape index (κ3) is 7.50. The number of aryl methyl sites for hydroxylation is 1. The molecular weight excluding hydrogens is 620 g/mol. The molecule has 0 aromatic carbocycles. The number of carbonyl (C=O) groups is 2. The summed E-state index contributed by atoms with van der Waals surface area (Å²) >= 11 is 0. The molecule has 270 valence electrons. The van der Waals surface area contributed by atoms with Crippen LogP contribution >= 0.6 is 0 Å². The molecule has 49 heavy (non-hydrogen) atoms. The second-order valence-electron chi connectivity index (χ2n) is 15.9. The maximum absolute atomic E-state index is 11.9. The van der Waals surface area contributed by atoms with Gasteiger partial charge in [0.2, 0.25) is 0 Å². The lowest BCUT2D eigenvalue weighted by molar-refractivity contribution is -0.00900. The number of piperidine rings is 2. The Morgan fingerprint density at radius 2 is 1.20 bits per heavy atom. The second-order valence-corrected chi connectivity index (χ2v) is 15.9. The van der Waals surface area contributed by atoms with Crippen LogP contribution in [0.4, 0.5) is 9.59 Å². The summed E-state index contributed by atoms with van der Waals surface area (Å²) in [6, 6.07) is 4.56. The van der Waals surface area contributed by atoms with Crippen molar-refractivity contribution in [2.75, 3.05) is 65.6 Å². The van der Waals surface area contributed by atoms with E-state index in [0.29, 0.717) is 48.2 Å². The first-order chi connectivity index (χ1) is 23.8. The van der Waals surface area contributed by atoms with E-state index in [2.05, 4.69) is 48.7 Å². The van der Waals surface area contributed by atoms with Gasteiger partial charge in [-0.05, 0) is 107 Å². The van der Waals surface area contributed by atoms with Crippen LogP contribution in [0.15, 0.2) is 30.9 Å². The van der Waals surface area contributed by atoms with Crippen molar-refractivity contribution in [1.82, 2.24) is 39.2 Å². The predicted octanol–water partition coefficient (Wildman–Crippen LogP) is 5.37. The van der Waals surface area contributed by atoms with E-state index in [1.807, 2.05) is 42.1 Å². The van der Waals surface area contributed by atoms with Gasteiger partial charge in [0, 0.05) is 83.0 Å². The van der Waals surface area contributed by atoms with Crippen LogP contribution in [0.5, 0.6) is 0 Å². The number of aromatic nitrogens is 4. The lowest BCUT2D eigenvalue weighted by Crippen LogP contribution is -2.54. The first-order valence-electron chi connectivity index (χ1n) is 19.1. The molecule has 0 N–H and O–H groups in total. The number of hydrogen-bond donors (Lipinski definition) is 0. The lowest BCUT2D eigenvalue weighted by atomic mass is 9.64. The zero-order valence-corrected chi connectivity index (χ0v) is 30.0. The topological polar surface area (TPSA) is 101 Å². The molecule has 2 saturated carbocycles. The minimum Gasteiger partial charge on any atom is -0.450 e. The quantitative estimate of drug-likeness (QED) is 0.402. The SMILES string of the molecule is CCOC(=O)N1CCC2(CC(N3CCC(n4cc(C)cn4)CC3)C2)C1.CCOC(=O)N1CCC2(CC(N3CCC(n4cccn4)CC3)C2)C1. The Kier molecular flexibility index (Phi) is 10.2. The van der Waals surface area contributed by atoms with Crippen molar-refractivity contribution in [3.63, 3.8) is 0 Å². The molecule has 6 heterocycles. The molecule has 2 aromatic heterocycles. The fourth-order valence-electron chi connectivity index (χ4n) is 9.83. The smallest absolute Gasteiger partial charge is 0.409 e. The van der Waals surface area contributed by atoms with Crippen LogP contribution in [0.1, 0.15) is 95.7 Å². The predicted molar refractivity (Wildman–Crippen MR) is 186 cm³/mol. The number of nitrogens with zero attached hydrogens (tertiary/aromatic N) is 8. The Labute approximate surface area is 292 Å². The Balaban J connectivity index is 0.000000154. The van der Waals surface area contributed by atoms with Crippen LogP contribution in [0, 0.1) is 17.8 Å². The van der Waals surface area contributed by atoms with Gasteiger partial charge in [0.05, 0.1) is 31.5 Å². The number of likely N-dealkylation sites (tertiary alicyclic amines) is 4. The van der Waals surface area contributed by atoms with E-state index in [4.69, 9.17) is 9.47 Å². The number of carbonyl (C=O) groups excluding carboxylic acids is 2. The van der Waals surface area contributed by atoms with Crippen LogP contribution < -0.4 is 0 Å². The molecule has 12 heteroatoms. The fraction of sp³-hybridized carbons (Fsp3) is 0.784. The number of hydrogen-bond acceptors (Lipinski definition) is 8. The van der Waals surface area contributed by atoms with E-state index in [1.54, 1.807) is 0 Å². The Morgan fingerprint density at radius 3 is 1.61 bits per heavy atom. The number of amides is 2. The van der Waals surface area contributed by atoms with Gasteiger partial charge in [-0.3, -0.25) is 9.36 Å². The van der Waals surface area contributed by atoms with Gasteiger partial charge in [-0.1, -0.05) is 0 Å². The van der Waals surface area contributed by atoms with E-state index in [-0.39, 0.29) is 12.2 Å². The van der Waals surface area contributed by atoms with E-state index < -0.39 is 0 Å². The van der Waals surface area contributed by atoms with Crippen molar-refractivity contribution >= 4 is 12.2 Å². The summed E-state index contributed by atoms with van der Waals surface area (Å²) in [4.78, 5) is 33.0. The molecule has 6 fully saturated rings. The van der Waals surface area contributed by atoms with Crippen molar-refractivity contribution in [3.8, 4) is 0 Å². The lowest BCUT2D eigenvalue weighted by Gasteiger charge is -2.51. The highest BCUT2D eigenvalue weighted by atomic mass is 16.6. The van der Waals surface area contributed by atoms with Gasteiger partial charge >= 0.3 is 12.2 Å². The maximum Gasteiger partial charge on any atom is 0.409 e. The van der Waals surface area contributed by atoms with Crippen LogP contribution in [-0.2, 0) is 9.47 Å². The normalized spacial score (nSPS) is 31.0. The molecule has 4 saturated heterocycles. The maximum atomic E-state index is 11.9. The first kappa shape index (κ1) is 34.3. The van der Waals surface area contributed by atoms with Crippen LogP contribution in [0.2, 0.25) is 0 Å². The molecule has 4 aliphatic heterocycles. The van der Waals surface area contributed by atoms with Crippen molar-refractivity contribution in [2.24, 2.45) is 10.8 Å². The van der Waals surface area contributed by atoms with Gasteiger partial charge in [0.15, 0.2) is 0 Å². The van der Waals surface area contributed by atoms with Gasteiger partial charge in [-0.15, -0.1) is 0 Å². The summed E-state index contributed by atoms with van der Waals surface area (Å²) in [5, 5.41) is 8.88. The van der Waals surface area contributed by atoms with Gasteiger partial charge in [0.1, 0.15) is 0 Å². The molecule has 2 amide bonds. The fourth-order valence-corrected chi connectivity index (χ4v) is 9.83. The largest absolute Gasteiger partial charge is 0.450 e. The molecule has 0 radical (unpaired) electrons. The average Bonchev–Trinajstić information content (AvgIpc) is 3.91. The summed E-state index contributed by atoms with van der Waals surface area (Å²) in [7, 11) is 0. The van der Waals surface area contributed by atoms with Gasteiger partial charge in [-0.2, -0.15) is 10.2 Å². The van der Waals surface area contributed by atoms with Crippen LogP contribution in [0.25, 0.3) is 0 Å². The molecule has 6 aliphatic rings. The highest BCUT2D eigenvalue weighted by Gasteiger charge is 2.52. The average molecular weight is 679 g/mol. The molecule has 0 bridgehead atoms. The zero-order chi connectivity index (χ0) is 34.0. The van der Waals surface area contributed by atoms with E-state index in [9.17, 15) is 9.59 Å². The Hall–Kier alpha value is -3.12. The summed E-state index contributed by atoms with van der Waals surface area (Å²) in [6.45, 7) is 15.0. The molecule has 2 aliphatic carbocycles. The van der Waals surface area contributed by atoms with Crippen molar-refractivity contribution in [3.05, 3.63) is 36.4 Å². The van der Waals surface area contributed by atoms with E-state index in [0.717, 1.165) is 39.0 Å². The Morgan fingerprint density at radius 1 is 0.714 bits per heavy atom. The monoisotopic (exact) mass is 678 g/mol. The van der Waals surface area contributed by atoms with Crippen LogP contribution in [-0.4, -0.2) is 129 Å². The molecular formula is C37H58N8O4. The third-order valence-electron chi connectivity index (χ3n) is 12.6. The molecule has 2 aromatic rings. The second kappa shape index (κ2) is 14.6. The Bertz CT molecular complexity index is 1380. The summed E-state index contributed by atoms with van der Waals surface area (Å²) in [5.41, 5.74) is 1.99. The summed E-state index contributed by atoms with van der Waals surface area (Å²) in [5.74, 6) is 0. The van der Waals surface area contributed by atoms with Gasteiger partial charge in [-0.25, -0.2) is 9.59 Å². The minimum absolute atomic E-state index is 0.127. The van der Waals surface area contributed by atoms with Crippen molar-refractivity contribution < 1.29 is 19.1 Å². The highest BCUT2D eigenvalue weighted by molar-refractivity contribution is 5.68. The van der Waals surface area contributed by atoms with E-state index >= 15 is 0 Å². The number of rotatable bonds is 6. The van der Waals surface area contributed by atoms with E-state index in [1.165, 1.54) is 83.1 Å². The van der Waals surface area contributed by atoms with Gasteiger partial charge in [0.25, 0.3) is 0 Å².